The number of nitrogens with zero attached hydrogens (tertiary/aromatic N) is 1. The summed E-state index contributed by atoms with van der Waals surface area (Å²) in [5.74, 6) is 3.62. The average molecular weight is 151 g/mol. The zero-order valence-corrected chi connectivity index (χ0v) is 7.34. The van der Waals surface area contributed by atoms with Crippen LogP contribution in [0.1, 0.15) is 26.2 Å². The van der Waals surface area contributed by atoms with Crippen LogP contribution in [0.5, 0.6) is 0 Å². The number of terminal acetylenes is 1. The third-order valence-electron chi connectivity index (χ3n) is 2.52. The molecule has 0 aliphatic carbocycles. The van der Waals surface area contributed by atoms with E-state index >= 15 is 0 Å². The Labute approximate surface area is 69.8 Å². The summed E-state index contributed by atoms with van der Waals surface area (Å²) in [6.07, 6.45) is 8.81. The Morgan fingerprint density at radius 2 is 2.45 bits per heavy atom. The fourth-order valence-corrected chi connectivity index (χ4v) is 1.67. The molecule has 0 radical (unpaired) electrons. The highest BCUT2D eigenvalue weighted by Crippen LogP contribution is 2.18. The molecule has 1 atom stereocenters. The second-order valence-corrected chi connectivity index (χ2v) is 3.32. The molecule has 62 valence electrons. The van der Waals surface area contributed by atoms with Crippen molar-refractivity contribution in [3.05, 3.63) is 0 Å². The van der Waals surface area contributed by atoms with E-state index in [-0.39, 0.29) is 0 Å². The van der Waals surface area contributed by atoms with Crippen molar-refractivity contribution < 1.29 is 0 Å². The molecule has 0 saturated carbocycles. The van der Waals surface area contributed by atoms with Crippen LogP contribution in [0.25, 0.3) is 0 Å². The highest BCUT2D eigenvalue weighted by Gasteiger charge is 2.19. The van der Waals surface area contributed by atoms with Crippen LogP contribution in [0, 0.1) is 18.3 Å². The lowest BCUT2D eigenvalue weighted by molar-refractivity contribution is 0.331. The molecule has 11 heavy (non-hydrogen) atoms. The normalized spacial score (nSPS) is 25.3. The fraction of sp³-hybridized carbons (Fsp3) is 0.800. The molecular formula is C10H17N. The van der Waals surface area contributed by atoms with Gasteiger partial charge in [0.2, 0.25) is 0 Å². The van der Waals surface area contributed by atoms with E-state index < -0.39 is 0 Å². The molecule has 0 aromatic carbocycles. The molecule has 1 fully saturated rings. The van der Waals surface area contributed by atoms with E-state index in [1.54, 1.807) is 0 Å². The maximum absolute atomic E-state index is 5.20. The van der Waals surface area contributed by atoms with Crippen LogP contribution in [-0.4, -0.2) is 24.5 Å². The summed E-state index contributed by atoms with van der Waals surface area (Å²) >= 11 is 0. The minimum Gasteiger partial charge on any atom is -0.302 e. The number of hydrogen-bond acceptors (Lipinski definition) is 1. The monoisotopic (exact) mass is 151 g/mol. The lowest BCUT2D eigenvalue weighted by atomic mass is 10.1. The van der Waals surface area contributed by atoms with Gasteiger partial charge < -0.3 is 4.90 Å². The lowest BCUT2D eigenvalue weighted by Gasteiger charge is -2.12. The topological polar surface area (TPSA) is 3.24 Å². The van der Waals surface area contributed by atoms with Gasteiger partial charge in [0.25, 0.3) is 0 Å². The second-order valence-electron chi connectivity index (χ2n) is 3.32. The van der Waals surface area contributed by atoms with Crippen molar-refractivity contribution in [3.8, 4) is 12.3 Å². The first-order valence-corrected chi connectivity index (χ1v) is 4.52. The summed E-state index contributed by atoms with van der Waals surface area (Å²) in [5.41, 5.74) is 0. The Hall–Kier alpha value is -0.480. The first kappa shape index (κ1) is 8.62. The lowest BCUT2D eigenvalue weighted by Crippen LogP contribution is -2.21. The summed E-state index contributed by atoms with van der Waals surface area (Å²) in [6, 6.07) is 0. The van der Waals surface area contributed by atoms with Gasteiger partial charge in [0.1, 0.15) is 0 Å². The largest absolute Gasteiger partial charge is 0.302 e. The van der Waals surface area contributed by atoms with Crippen LogP contribution in [-0.2, 0) is 0 Å². The second kappa shape index (κ2) is 4.41. The van der Waals surface area contributed by atoms with E-state index in [1.807, 2.05) is 0 Å². The first-order chi connectivity index (χ1) is 5.36. The highest BCUT2D eigenvalue weighted by atomic mass is 15.1. The van der Waals surface area contributed by atoms with Gasteiger partial charge in [0, 0.05) is 19.5 Å². The van der Waals surface area contributed by atoms with Crippen LogP contribution in [0.15, 0.2) is 0 Å². The van der Waals surface area contributed by atoms with E-state index in [1.165, 1.54) is 25.9 Å². The quantitative estimate of drug-likeness (QED) is 0.555. The van der Waals surface area contributed by atoms with Gasteiger partial charge in [-0.05, 0) is 18.9 Å². The van der Waals surface area contributed by atoms with E-state index in [0.29, 0.717) is 0 Å². The van der Waals surface area contributed by atoms with Crippen molar-refractivity contribution >= 4 is 0 Å². The molecule has 1 heteroatoms. The van der Waals surface area contributed by atoms with Gasteiger partial charge in [-0.1, -0.05) is 13.3 Å². The van der Waals surface area contributed by atoms with Crippen molar-refractivity contribution in [2.45, 2.75) is 26.2 Å². The number of rotatable bonds is 3. The van der Waals surface area contributed by atoms with Crippen molar-refractivity contribution in [2.75, 3.05) is 19.6 Å². The summed E-state index contributed by atoms with van der Waals surface area (Å²) < 4.78 is 0. The highest BCUT2D eigenvalue weighted by molar-refractivity contribution is 4.86. The third kappa shape index (κ3) is 2.55. The fourth-order valence-electron chi connectivity index (χ4n) is 1.67. The Bertz CT molecular complexity index is 145. The van der Waals surface area contributed by atoms with Crippen LogP contribution < -0.4 is 0 Å². The molecule has 1 aliphatic rings. The minimum atomic E-state index is 0.913. The summed E-state index contributed by atoms with van der Waals surface area (Å²) in [7, 11) is 0. The maximum Gasteiger partial charge on any atom is 0.0214 e. The molecule has 1 unspecified atom stereocenters. The van der Waals surface area contributed by atoms with Gasteiger partial charge >= 0.3 is 0 Å². The van der Waals surface area contributed by atoms with Crippen molar-refractivity contribution in [2.24, 2.45) is 5.92 Å². The van der Waals surface area contributed by atoms with Gasteiger partial charge in [-0.3, -0.25) is 0 Å². The van der Waals surface area contributed by atoms with Gasteiger partial charge in [0.15, 0.2) is 0 Å². The molecular weight excluding hydrogens is 134 g/mol. The number of likely N-dealkylation sites (tertiary alicyclic amines) is 1. The Morgan fingerprint density at radius 3 is 3.00 bits per heavy atom. The van der Waals surface area contributed by atoms with E-state index in [0.717, 1.165) is 18.9 Å². The molecule has 1 saturated heterocycles. The molecule has 0 spiro atoms. The van der Waals surface area contributed by atoms with Crippen LogP contribution in [0.2, 0.25) is 0 Å². The average Bonchev–Trinajstić information content (AvgIpc) is 2.48. The van der Waals surface area contributed by atoms with E-state index in [2.05, 4.69) is 17.7 Å². The zero-order valence-electron chi connectivity index (χ0n) is 7.34. The Morgan fingerprint density at radius 1 is 1.64 bits per heavy atom. The summed E-state index contributed by atoms with van der Waals surface area (Å²) in [5, 5.41) is 0. The van der Waals surface area contributed by atoms with Gasteiger partial charge in [-0.15, -0.1) is 12.3 Å². The maximum atomic E-state index is 5.20. The van der Waals surface area contributed by atoms with E-state index in [4.69, 9.17) is 6.42 Å². The minimum absolute atomic E-state index is 0.913. The summed E-state index contributed by atoms with van der Waals surface area (Å²) in [4.78, 5) is 2.48. The van der Waals surface area contributed by atoms with Gasteiger partial charge in [0.05, 0.1) is 0 Å². The van der Waals surface area contributed by atoms with Crippen LogP contribution in [0.3, 0.4) is 0 Å². The SMILES string of the molecule is C#CCCN1CCC(CC)C1. The molecule has 0 amide bonds. The number of hydrogen-bond donors (Lipinski definition) is 0. The Balaban J connectivity index is 2.15. The predicted octanol–water partition coefficient (Wildman–Crippen LogP) is 1.74. The molecule has 1 nitrogen and oxygen atoms in total. The van der Waals surface area contributed by atoms with Crippen molar-refractivity contribution in [3.63, 3.8) is 0 Å². The predicted molar refractivity (Wildman–Crippen MR) is 48.3 cm³/mol. The first-order valence-electron chi connectivity index (χ1n) is 4.52. The van der Waals surface area contributed by atoms with E-state index in [9.17, 15) is 0 Å². The molecule has 0 bridgehead atoms. The summed E-state index contributed by atoms with van der Waals surface area (Å²) in [6.45, 7) is 5.92. The molecule has 1 aliphatic heterocycles. The molecule has 0 N–H and O–H groups in total. The van der Waals surface area contributed by atoms with Crippen LogP contribution in [0.4, 0.5) is 0 Å². The molecule has 0 aromatic rings. The Kier molecular flexibility index (Phi) is 3.45. The van der Waals surface area contributed by atoms with Gasteiger partial charge in [-0.25, -0.2) is 0 Å². The standard InChI is InChI=1S/C10H17N/c1-3-5-7-11-8-6-10(4-2)9-11/h1,10H,4-9H2,2H3. The molecule has 0 aromatic heterocycles. The zero-order chi connectivity index (χ0) is 8.10. The van der Waals surface area contributed by atoms with Gasteiger partial charge in [-0.2, -0.15) is 0 Å². The third-order valence-corrected chi connectivity index (χ3v) is 2.52. The molecule has 1 rings (SSSR count). The molecule has 1 heterocycles. The van der Waals surface area contributed by atoms with Crippen molar-refractivity contribution in [1.82, 2.24) is 4.90 Å². The van der Waals surface area contributed by atoms with Crippen LogP contribution >= 0.6 is 0 Å². The van der Waals surface area contributed by atoms with Crippen molar-refractivity contribution in [1.29, 1.82) is 0 Å². The smallest absolute Gasteiger partial charge is 0.0214 e.